The Labute approximate surface area is 131 Å². The van der Waals surface area contributed by atoms with Gasteiger partial charge in [0.25, 0.3) is 0 Å². The first-order valence-corrected chi connectivity index (χ1v) is 8.30. The van der Waals surface area contributed by atoms with E-state index in [2.05, 4.69) is 39.7 Å². The van der Waals surface area contributed by atoms with Crippen molar-refractivity contribution in [2.45, 2.75) is 18.5 Å². The van der Waals surface area contributed by atoms with Gasteiger partial charge in [0.1, 0.15) is 6.73 Å². The van der Waals surface area contributed by atoms with Crippen molar-refractivity contribution in [2.75, 3.05) is 6.26 Å². The van der Waals surface area contributed by atoms with Crippen molar-refractivity contribution in [1.29, 1.82) is 0 Å². The van der Waals surface area contributed by atoms with Crippen molar-refractivity contribution >= 4 is 40.4 Å². The second-order valence-electron chi connectivity index (χ2n) is 3.88. The molecule has 1 heterocycles. The molecule has 2 aromatic rings. The summed E-state index contributed by atoms with van der Waals surface area (Å²) < 4.78 is 9.71. The Morgan fingerprint density at radius 3 is 2.84 bits per heavy atom. The molecule has 0 atom stereocenters. The molecule has 19 heavy (non-hydrogen) atoms. The zero-order valence-electron chi connectivity index (χ0n) is 10.6. The number of benzene rings is 1. The second-order valence-corrected chi connectivity index (χ2v) is 5.37. The zero-order chi connectivity index (χ0) is 13.5. The minimum Gasteiger partial charge on any atom is -0.356 e. The van der Waals surface area contributed by atoms with Gasteiger partial charge in [-0.05, 0) is 22.0 Å². The number of hydrogen-bond acceptors (Lipinski definition) is 3. The van der Waals surface area contributed by atoms with Gasteiger partial charge in [-0.1, -0.05) is 64.7 Å². The average Bonchev–Trinajstić information content (AvgIpc) is 2.83. The summed E-state index contributed by atoms with van der Waals surface area (Å²) in [6.07, 6.45) is 6.01. The fourth-order valence-electron chi connectivity index (χ4n) is 1.65. The molecule has 0 fully saturated rings. The van der Waals surface area contributed by atoms with Gasteiger partial charge in [-0.2, -0.15) is 0 Å². The van der Waals surface area contributed by atoms with E-state index >= 15 is 0 Å². The molecule has 100 valence electrons. The molecular weight excluding hydrogens is 371 g/mol. The van der Waals surface area contributed by atoms with E-state index in [-0.39, 0.29) is 0 Å². The summed E-state index contributed by atoms with van der Waals surface area (Å²) in [6.45, 7) is 1.14. The van der Waals surface area contributed by atoms with Crippen molar-refractivity contribution in [3.63, 3.8) is 0 Å². The predicted molar refractivity (Wildman–Crippen MR) is 88.3 cm³/mol. The molecule has 3 nitrogen and oxygen atoms in total. The van der Waals surface area contributed by atoms with Crippen LogP contribution in [-0.2, 0) is 18.1 Å². The highest BCUT2D eigenvalue weighted by Gasteiger charge is 2.05. The van der Waals surface area contributed by atoms with Crippen LogP contribution in [0.3, 0.4) is 0 Å². The average molecular weight is 386 g/mol. The third kappa shape index (κ3) is 4.36. The van der Waals surface area contributed by atoms with Crippen LogP contribution in [0, 0.1) is 0 Å². The number of nitrogens with zero attached hydrogens (tertiary/aromatic N) is 2. The maximum absolute atomic E-state index is 5.72. The van der Waals surface area contributed by atoms with Crippen molar-refractivity contribution in [2.24, 2.45) is 0 Å². The summed E-state index contributed by atoms with van der Waals surface area (Å²) in [5, 5.41) is 0.970. The molecule has 0 saturated carbocycles. The van der Waals surface area contributed by atoms with Crippen LogP contribution in [0.1, 0.15) is 11.3 Å². The first kappa shape index (κ1) is 14.6. The van der Waals surface area contributed by atoms with Crippen LogP contribution in [0.2, 0.25) is 0 Å². The van der Waals surface area contributed by atoms with Crippen molar-refractivity contribution in [3.8, 4) is 0 Å². The Morgan fingerprint density at radius 2 is 2.16 bits per heavy atom. The van der Waals surface area contributed by atoms with Crippen LogP contribution in [0.4, 0.5) is 0 Å². The Bertz CT molecular complexity index is 540. The maximum atomic E-state index is 5.72. The van der Waals surface area contributed by atoms with Crippen LogP contribution in [0.15, 0.2) is 45.8 Å². The first-order chi connectivity index (χ1) is 9.33. The summed E-state index contributed by atoms with van der Waals surface area (Å²) in [5.74, 6) is 0. The lowest BCUT2D eigenvalue weighted by Gasteiger charge is -2.07. The molecule has 0 saturated heterocycles. The Morgan fingerprint density at radius 1 is 1.37 bits per heavy atom. The summed E-state index contributed by atoms with van der Waals surface area (Å²) in [6, 6.07) is 10.2. The number of rotatable bonds is 6. The molecular formula is C14H15IN2OS. The largest absolute Gasteiger partial charge is 0.356 e. The van der Waals surface area contributed by atoms with Crippen LogP contribution in [0.5, 0.6) is 0 Å². The standard InChI is InChI=1S/C14H15IN2OS/c1-19-14-16-13(7-8-15)9-17(14)11-18-10-12-5-3-2-4-6-12/h2-9H,10-11H2,1H3/b8-7-. The van der Waals surface area contributed by atoms with E-state index in [1.54, 1.807) is 11.8 Å². The quantitative estimate of drug-likeness (QED) is 0.551. The molecule has 1 aromatic carbocycles. The van der Waals surface area contributed by atoms with Crippen molar-refractivity contribution in [1.82, 2.24) is 9.55 Å². The van der Waals surface area contributed by atoms with Crippen molar-refractivity contribution < 1.29 is 4.74 Å². The van der Waals surface area contributed by atoms with Gasteiger partial charge in [-0.3, -0.25) is 0 Å². The lowest BCUT2D eigenvalue weighted by atomic mass is 10.2. The molecule has 0 aliphatic heterocycles. The van der Waals surface area contributed by atoms with E-state index < -0.39 is 0 Å². The Balaban J connectivity index is 1.95. The first-order valence-electron chi connectivity index (χ1n) is 5.83. The Kier molecular flexibility index (Phi) is 5.93. The fraction of sp³-hybridized carbons (Fsp3) is 0.214. The molecule has 0 amide bonds. The van der Waals surface area contributed by atoms with E-state index in [0.717, 1.165) is 10.9 Å². The normalized spacial score (nSPS) is 11.3. The number of imidazole rings is 1. The number of halogens is 1. The SMILES string of the molecule is CSc1nc(/C=C\I)cn1COCc1ccccc1. The molecule has 2 rings (SSSR count). The molecule has 1 aromatic heterocycles. The molecule has 0 aliphatic carbocycles. The smallest absolute Gasteiger partial charge is 0.170 e. The second kappa shape index (κ2) is 7.72. The van der Waals surface area contributed by atoms with Gasteiger partial charge in [-0.25, -0.2) is 4.98 Å². The molecule has 0 spiro atoms. The zero-order valence-corrected chi connectivity index (χ0v) is 13.6. The minimum atomic E-state index is 0.521. The summed E-state index contributed by atoms with van der Waals surface area (Å²) >= 11 is 3.82. The molecule has 0 unspecified atom stereocenters. The number of thioether (sulfide) groups is 1. The van der Waals surface area contributed by atoms with Crippen LogP contribution < -0.4 is 0 Å². The minimum absolute atomic E-state index is 0.521. The highest BCUT2D eigenvalue weighted by atomic mass is 127. The lowest BCUT2D eigenvalue weighted by molar-refractivity contribution is 0.0587. The molecule has 5 heteroatoms. The van der Waals surface area contributed by atoms with E-state index in [9.17, 15) is 0 Å². The van der Waals surface area contributed by atoms with Gasteiger partial charge in [0.15, 0.2) is 5.16 Å². The molecule has 0 bridgehead atoms. The number of hydrogen-bond donors (Lipinski definition) is 0. The van der Waals surface area contributed by atoms with Crippen LogP contribution in [0.25, 0.3) is 6.08 Å². The van der Waals surface area contributed by atoms with Gasteiger partial charge >= 0.3 is 0 Å². The molecule has 0 N–H and O–H groups in total. The highest BCUT2D eigenvalue weighted by molar-refractivity contribution is 14.1. The maximum Gasteiger partial charge on any atom is 0.170 e. The van der Waals surface area contributed by atoms with Gasteiger partial charge in [0, 0.05) is 6.20 Å². The third-order valence-corrected chi connectivity index (χ3v) is 3.57. The molecule has 0 radical (unpaired) electrons. The van der Waals surface area contributed by atoms with Gasteiger partial charge < -0.3 is 9.30 Å². The van der Waals surface area contributed by atoms with Gasteiger partial charge in [-0.15, -0.1) is 0 Å². The van der Waals surface area contributed by atoms with E-state index in [0.29, 0.717) is 13.3 Å². The fourth-order valence-corrected chi connectivity index (χ4v) is 2.56. The highest BCUT2D eigenvalue weighted by Crippen LogP contribution is 2.16. The van der Waals surface area contributed by atoms with E-state index in [4.69, 9.17) is 4.74 Å². The monoisotopic (exact) mass is 386 g/mol. The van der Waals surface area contributed by atoms with Crippen LogP contribution >= 0.6 is 34.4 Å². The van der Waals surface area contributed by atoms with Gasteiger partial charge in [0.05, 0.1) is 12.3 Å². The van der Waals surface area contributed by atoms with Crippen LogP contribution in [-0.4, -0.2) is 15.8 Å². The Hall–Kier alpha value is -0.790. The van der Waals surface area contributed by atoms with Gasteiger partial charge in [0.2, 0.25) is 0 Å². The summed E-state index contributed by atoms with van der Waals surface area (Å²) in [4.78, 5) is 4.50. The predicted octanol–water partition coefficient (Wildman–Crippen LogP) is 4.19. The summed E-state index contributed by atoms with van der Waals surface area (Å²) in [7, 11) is 0. The van der Waals surface area contributed by atoms with Crippen molar-refractivity contribution in [3.05, 3.63) is 51.9 Å². The topological polar surface area (TPSA) is 27.1 Å². The third-order valence-electron chi connectivity index (χ3n) is 2.52. The van der Waals surface area contributed by atoms with E-state index in [1.807, 2.05) is 45.4 Å². The molecule has 0 aliphatic rings. The summed E-state index contributed by atoms with van der Waals surface area (Å²) in [5.41, 5.74) is 2.14. The lowest BCUT2D eigenvalue weighted by Crippen LogP contribution is -2.02. The number of aromatic nitrogens is 2. The number of ether oxygens (including phenoxy) is 1. The van der Waals surface area contributed by atoms with E-state index in [1.165, 1.54) is 5.56 Å².